The molecule has 8 heteroatoms. The molecule has 0 spiro atoms. The first kappa shape index (κ1) is 12.0. The Morgan fingerprint density at radius 1 is 1.50 bits per heavy atom. The molecule has 0 saturated carbocycles. The third kappa shape index (κ3) is 3.00. The molecule has 0 amide bonds. The molecule has 0 bridgehead atoms. The number of aromatic carboxylic acids is 1. The van der Waals surface area contributed by atoms with Crippen LogP contribution in [0.25, 0.3) is 0 Å². The molecule has 8 nitrogen and oxygen atoms in total. The fourth-order valence-electron chi connectivity index (χ4n) is 1.29. The second kappa shape index (κ2) is 5.21. The number of carboxylic acids is 1. The highest BCUT2D eigenvalue weighted by molar-refractivity contribution is 5.85. The molecule has 0 fully saturated rings. The molecular formula is C10H11N5O3. The van der Waals surface area contributed by atoms with E-state index >= 15 is 0 Å². The standard InChI is InChI=1S/C10H11N5O3/c1-6-13-8(15-18-6)3-5-12-10-11-4-2-7(14-10)9(16)17/h2,4H,3,5H2,1H3,(H,16,17)(H,11,12,14). The van der Waals surface area contributed by atoms with Crippen molar-refractivity contribution < 1.29 is 14.4 Å². The van der Waals surface area contributed by atoms with Crippen molar-refractivity contribution in [3.8, 4) is 0 Å². The molecule has 0 unspecified atom stereocenters. The minimum absolute atomic E-state index is 0.0529. The van der Waals surface area contributed by atoms with E-state index in [1.54, 1.807) is 6.92 Å². The van der Waals surface area contributed by atoms with E-state index in [0.717, 1.165) is 0 Å². The zero-order valence-electron chi connectivity index (χ0n) is 9.62. The number of aromatic nitrogens is 4. The van der Waals surface area contributed by atoms with Crippen LogP contribution in [-0.2, 0) is 6.42 Å². The molecular weight excluding hydrogens is 238 g/mol. The Balaban J connectivity index is 1.90. The Labute approximate surface area is 102 Å². The first-order valence-electron chi connectivity index (χ1n) is 5.24. The third-order valence-corrected chi connectivity index (χ3v) is 2.08. The minimum Gasteiger partial charge on any atom is -0.477 e. The second-order valence-electron chi connectivity index (χ2n) is 3.48. The van der Waals surface area contributed by atoms with Gasteiger partial charge in [0.2, 0.25) is 11.8 Å². The molecule has 0 atom stereocenters. The predicted molar refractivity (Wildman–Crippen MR) is 60.2 cm³/mol. The molecule has 2 aromatic heterocycles. The van der Waals surface area contributed by atoms with Gasteiger partial charge in [0.15, 0.2) is 11.5 Å². The zero-order valence-corrected chi connectivity index (χ0v) is 9.62. The first-order chi connectivity index (χ1) is 8.65. The number of nitrogens with zero attached hydrogens (tertiary/aromatic N) is 4. The summed E-state index contributed by atoms with van der Waals surface area (Å²) in [6.45, 7) is 2.20. The number of carbonyl (C=O) groups is 1. The highest BCUT2D eigenvalue weighted by atomic mass is 16.5. The van der Waals surface area contributed by atoms with Gasteiger partial charge in [-0.3, -0.25) is 0 Å². The summed E-state index contributed by atoms with van der Waals surface area (Å²) in [5, 5.41) is 15.4. The van der Waals surface area contributed by atoms with Crippen LogP contribution in [0.3, 0.4) is 0 Å². The summed E-state index contributed by atoms with van der Waals surface area (Å²) in [6, 6.07) is 1.33. The third-order valence-electron chi connectivity index (χ3n) is 2.08. The maximum atomic E-state index is 10.7. The van der Waals surface area contributed by atoms with Crippen molar-refractivity contribution in [2.24, 2.45) is 0 Å². The van der Waals surface area contributed by atoms with Crippen molar-refractivity contribution in [3.63, 3.8) is 0 Å². The average molecular weight is 249 g/mol. The van der Waals surface area contributed by atoms with Gasteiger partial charge < -0.3 is 14.9 Å². The summed E-state index contributed by atoms with van der Waals surface area (Å²) in [5.41, 5.74) is -0.0529. The molecule has 2 N–H and O–H groups in total. The number of anilines is 1. The Bertz CT molecular complexity index is 554. The summed E-state index contributed by atoms with van der Waals surface area (Å²) in [7, 11) is 0. The molecule has 18 heavy (non-hydrogen) atoms. The number of aryl methyl sites for hydroxylation is 1. The molecule has 94 valence electrons. The summed E-state index contributed by atoms with van der Waals surface area (Å²) in [4.78, 5) is 22.5. The van der Waals surface area contributed by atoms with Crippen molar-refractivity contribution in [2.75, 3.05) is 11.9 Å². The van der Waals surface area contributed by atoms with Crippen LogP contribution in [0, 0.1) is 6.92 Å². The predicted octanol–water partition coefficient (Wildman–Crippen LogP) is 0.521. The van der Waals surface area contributed by atoms with E-state index in [1.165, 1.54) is 12.3 Å². The van der Waals surface area contributed by atoms with E-state index in [2.05, 4.69) is 25.4 Å². The molecule has 0 aliphatic rings. The smallest absolute Gasteiger partial charge is 0.354 e. The van der Waals surface area contributed by atoms with E-state index in [-0.39, 0.29) is 11.6 Å². The Morgan fingerprint density at radius 3 is 3.00 bits per heavy atom. The highest BCUT2D eigenvalue weighted by Gasteiger charge is 2.06. The molecule has 0 aliphatic carbocycles. The summed E-state index contributed by atoms with van der Waals surface area (Å²) in [6.07, 6.45) is 1.93. The highest BCUT2D eigenvalue weighted by Crippen LogP contribution is 2.01. The lowest BCUT2D eigenvalue weighted by Gasteiger charge is -2.02. The molecule has 0 aromatic carbocycles. The van der Waals surface area contributed by atoms with Gasteiger partial charge in [0.25, 0.3) is 0 Å². The zero-order chi connectivity index (χ0) is 13.0. The fraction of sp³-hybridized carbons (Fsp3) is 0.300. The van der Waals surface area contributed by atoms with Gasteiger partial charge in [-0.1, -0.05) is 5.16 Å². The molecule has 0 saturated heterocycles. The Kier molecular flexibility index (Phi) is 3.46. The van der Waals surface area contributed by atoms with Crippen LogP contribution in [0.2, 0.25) is 0 Å². The van der Waals surface area contributed by atoms with Gasteiger partial charge in [-0.05, 0) is 6.07 Å². The first-order valence-corrected chi connectivity index (χ1v) is 5.24. The molecule has 0 radical (unpaired) electrons. The molecule has 2 heterocycles. The Hall–Kier alpha value is -2.51. The van der Waals surface area contributed by atoms with Crippen molar-refractivity contribution in [3.05, 3.63) is 29.7 Å². The summed E-state index contributed by atoms with van der Waals surface area (Å²) in [5.74, 6) is 0.257. The van der Waals surface area contributed by atoms with Crippen LogP contribution in [0.1, 0.15) is 22.2 Å². The monoisotopic (exact) mass is 249 g/mol. The quantitative estimate of drug-likeness (QED) is 0.788. The number of nitrogens with one attached hydrogen (secondary N) is 1. The molecule has 2 aromatic rings. The van der Waals surface area contributed by atoms with Crippen molar-refractivity contribution in [2.45, 2.75) is 13.3 Å². The van der Waals surface area contributed by atoms with Crippen molar-refractivity contribution in [1.29, 1.82) is 0 Å². The average Bonchev–Trinajstić information content (AvgIpc) is 2.75. The molecule has 2 rings (SSSR count). The lowest BCUT2D eigenvalue weighted by molar-refractivity contribution is 0.0690. The van der Waals surface area contributed by atoms with Gasteiger partial charge in [-0.15, -0.1) is 0 Å². The van der Waals surface area contributed by atoms with E-state index in [4.69, 9.17) is 9.63 Å². The van der Waals surface area contributed by atoms with Gasteiger partial charge in [0, 0.05) is 26.1 Å². The number of carboxylic acid groups (broad SMARTS) is 1. The largest absolute Gasteiger partial charge is 0.477 e. The van der Waals surface area contributed by atoms with Crippen LogP contribution in [-0.4, -0.2) is 37.7 Å². The summed E-state index contributed by atoms with van der Waals surface area (Å²) < 4.78 is 4.82. The van der Waals surface area contributed by atoms with E-state index in [0.29, 0.717) is 24.7 Å². The number of rotatable bonds is 5. The lowest BCUT2D eigenvalue weighted by atomic mass is 10.4. The van der Waals surface area contributed by atoms with Gasteiger partial charge in [-0.2, -0.15) is 4.98 Å². The maximum absolute atomic E-state index is 10.7. The number of hydrogen-bond acceptors (Lipinski definition) is 7. The number of hydrogen-bond donors (Lipinski definition) is 2. The van der Waals surface area contributed by atoms with E-state index < -0.39 is 5.97 Å². The van der Waals surface area contributed by atoms with Gasteiger partial charge >= 0.3 is 5.97 Å². The SMILES string of the molecule is Cc1nc(CCNc2nccc(C(=O)O)n2)no1. The van der Waals surface area contributed by atoms with Crippen LogP contribution in [0.4, 0.5) is 5.95 Å². The second-order valence-corrected chi connectivity index (χ2v) is 3.48. The van der Waals surface area contributed by atoms with Gasteiger partial charge in [0.05, 0.1) is 0 Å². The maximum Gasteiger partial charge on any atom is 0.354 e. The van der Waals surface area contributed by atoms with Gasteiger partial charge in [-0.25, -0.2) is 14.8 Å². The summed E-state index contributed by atoms with van der Waals surface area (Å²) >= 11 is 0. The Morgan fingerprint density at radius 2 is 2.33 bits per heavy atom. The topological polar surface area (TPSA) is 114 Å². The van der Waals surface area contributed by atoms with E-state index in [1.807, 2.05) is 0 Å². The minimum atomic E-state index is -1.09. The van der Waals surface area contributed by atoms with Crippen molar-refractivity contribution >= 4 is 11.9 Å². The lowest BCUT2D eigenvalue weighted by Crippen LogP contribution is -2.11. The van der Waals surface area contributed by atoms with Crippen LogP contribution >= 0.6 is 0 Å². The van der Waals surface area contributed by atoms with Crippen LogP contribution in [0.5, 0.6) is 0 Å². The van der Waals surface area contributed by atoms with Crippen LogP contribution < -0.4 is 5.32 Å². The van der Waals surface area contributed by atoms with Gasteiger partial charge in [0.1, 0.15) is 0 Å². The van der Waals surface area contributed by atoms with Crippen molar-refractivity contribution in [1.82, 2.24) is 20.1 Å². The van der Waals surface area contributed by atoms with Crippen LogP contribution in [0.15, 0.2) is 16.8 Å². The van der Waals surface area contributed by atoms with E-state index in [9.17, 15) is 4.79 Å². The normalized spacial score (nSPS) is 10.3. The fourth-order valence-corrected chi connectivity index (χ4v) is 1.29. The molecule has 0 aliphatic heterocycles.